The molecule has 0 amide bonds. The van der Waals surface area contributed by atoms with Crippen molar-refractivity contribution in [3.8, 4) is 5.75 Å². The van der Waals surface area contributed by atoms with E-state index in [2.05, 4.69) is 22.4 Å². The Morgan fingerprint density at radius 3 is 2.84 bits per heavy atom. The summed E-state index contributed by atoms with van der Waals surface area (Å²) in [7, 11) is 1.71. The van der Waals surface area contributed by atoms with E-state index in [4.69, 9.17) is 10.5 Å². The van der Waals surface area contributed by atoms with Crippen LogP contribution in [-0.4, -0.2) is 18.6 Å². The van der Waals surface area contributed by atoms with Crippen LogP contribution in [0.15, 0.2) is 29.3 Å². The highest BCUT2D eigenvalue weighted by atomic mass is 16.5. The minimum absolute atomic E-state index is 0.0000411. The molecule has 0 saturated heterocycles. The number of para-hydroxylation sites is 1. The molecule has 2 aliphatic rings. The largest absolute Gasteiger partial charge is 0.487 e. The first-order valence-electron chi connectivity index (χ1n) is 6.99. The molecule has 3 N–H and O–H groups in total. The summed E-state index contributed by atoms with van der Waals surface area (Å²) < 4.78 is 6.31. The molecule has 0 radical (unpaired) electrons. The van der Waals surface area contributed by atoms with E-state index in [1.807, 2.05) is 12.1 Å². The SMILES string of the molecule is CN=C(N)NC1CC2(CCCC2)Oc2ccccc21. The van der Waals surface area contributed by atoms with Gasteiger partial charge >= 0.3 is 0 Å². The average Bonchev–Trinajstić information content (AvgIpc) is 2.86. The van der Waals surface area contributed by atoms with Gasteiger partial charge in [-0.15, -0.1) is 0 Å². The van der Waals surface area contributed by atoms with Gasteiger partial charge in [-0.2, -0.15) is 0 Å². The first-order valence-corrected chi connectivity index (χ1v) is 6.99. The summed E-state index contributed by atoms with van der Waals surface area (Å²) in [5.74, 6) is 1.49. The first kappa shape index (κ1) is 12.3. The van der Waals surface area contributed by atoms with Gasteiger partial charge in [0.05, 0.1) is 6.04 Å². The Balaban J connectivity index is 1.93. The summed E-state index contributed by atoms with van der Waals surface area (Å²) >= 11 is 0. The molecule has 1 saturated carbocycles. The molecule has 102 valence electrons. The van der Waals surface area contributed by atoms with Crippen LogP contribution >= 0.6 is 0 Å². The van der Waals surface area contributed by atoms with Crippen molar-refractivity contribution in [2.24, 2.45) is 10.7 Å². The van der Waals surface area contributed by atoms with Crippen molar-refractivity contribution in [1.82, 2.24) is 5.32 Å². The van der Waals surface area contributed by atoms with Crippen LogP contribution in [0.1, 0.15) is 43.7 Å². The molecule has 4 nitrogen and oxygen atoms in total. The van der Waals surface area contributed by atoms with Crippen molar-refractivity contribution in [3.63, 3.8) is 0 Å². The highest BCUT2D eigenvalue weighted by Gasteiger charge is 2.43. The van der Waals surface area contributed by atoms with Crippen molar-refractivity contribution < 1.29 is 4.74 Å². The fourth-order valence-electron chi connectivity index (χ4n) is 3.32. The quantitative estimate of drug-likeness (QED) is 0.601. The van der Waals surface area contributed by atoms with Gasteiger partial charge in [0.2, 0.25) is 0 Å². The van der Waals surface area contributed by atoms with Gasteiger partial charge in [0, 0.05) is 19.0 Å². The highest BCUT2D eigenvalue weighted by Crippen LogP contribution is 2.46. The van der Waals surface area contributed by atoms with E-state index in [1.54, 1.807) is 7.05 Å². The van der Waals surface area contributed by atoms with Gasteiger partial charge in [-0.05, 0) is 31.7 Å². The number of guanidine groups is 1. The second kappa shape index (κ2) is 4.76. The number of nitrogens with zero attached hydrogens (tertiary/aromatic N) is 1. The van der Waals surface area contributed by atoms with Crippen LogP contribution in [0.3, 0.4) is 0 Å². The summed E-state index contributed by atoms with van der Waals surface area (Å²) in [6.45, 7) is 0. The molecule has 1 aromatic rings. The van der Waals surface area contributed by atoms with Gasteiger partial charge in [-0.3, -0.25) is 4.99 Å². The maximum Gasteiger partial charge on any atom is 0.188 e. The Morgan fingerprint density at radius 2 is 2.11 bits per heavy atom. The van der Waals surface area contributed by atoms with E-state index >= 15 is 0 Å². The van der Waals surface area contributed by atoms with Crippen LogP contribution in [0.5, 0.6) is 5.75 Å². The van der Waals surface area contributed by atoms with Crippen LogP contribution in [0.4, 0.5) is 0 Å². The highest BCUT2D eigenvalue weighted by molar-refractivity contribution is 5.78. The van der Waals surface area contributed by atoms with Crippen LogP contribution in [0.25, 0.3) is 0 Å². The molecule has 1 aromatic carbocycles. The fourth-order valence-corrected chi connectivity index (χ4v) is 3.32. The van der Waals surface area contributed by atoms with Crippen molar-refractivity contribution in [1.29, 1.82) is 0 Å². The molecular weight excluding hydrogens is 238 g/mol. The van der Waals surface area contributed by atoms with E-state index in [1.165, 1.54) is 18.4 Å². The third-order valence-corrected chi connectivity index (χ3v) is 4.27. The second-order valence-corrected chi connectivity index (χ2v) is 5.54. The molecule has 4 heteroatoms. The number of aliphatic imine (C=N–C) groups is 1. The predicted octanol–water partition coefficient (Wildman–Crippen LogP) is 2.36. The number of nitrogens with two attached hydrogens (primary N) is 1. The zero-order valence-electron chi connectivity index (χ0n) is 11.4. The van der Waals surface area contributed by atoms with Crippen molar-refractivity contribution in [2.75, 3.05) is 7.05 Å². The molecular formula is C15H21N3O. The molecule has 1 atom stereocenters. The molecule has 1 aliphatic carbocycles. The number of hydrogen-bond acceptors (Lipinski definition) is 2. The van der Waals surface area contributed by atoms with Gasteiger partial charge in [0.15, 0.2) is 5.96 Å². The summed E-state index contributed by atoms with van der Waals surface area (Å²) in [6.07, 6.45) is 5.77. The van der Waals surface area contributed by atoms with Crippen molar-refractivity contribution in [2.45, 2.75) is 43.7 Å². The molecule has 1 heterocycles. The second-order valence-electron chi connectivity index (χ2n) is 5.54. The first-order chi connectivity index (χ1) is 9.22. The molecule has 3 rings (SSSR count). The van der Waals surface area contributed by atoms with E-state index in [-0.39, 0.29) is 11.6 Å². The third kappa shape index (κ3) is 2.27. The minimum atomic E-state index is 0.0000411. The Bertz CT molecular complexity index is 492. The fraction of sp³-hybridized carbons (Fsp3) is 0.533. The summed E-state index contributed by atoms with van der Waals surface area (Å²) in [5.41, 5.74) is 7.03. The number of rotatable bonds is 1. The molecule has 19 heavy (non-hydrogen) atoms. The van der Waals surface area contributed by atoms with Crippen LogP contribution in [-0.2, 0) is 0 Å². The van der Waals surface area contributed by atoms with Crippen molar-refractivity contribution >= 4 is 5.96 Å². The lowest BCUT2D eigenvalue weighted by atomic mass is 9.86. The maximum absolute atomic E-state index is 6.31. The molecule has 0 aromatic heterocycles. The van der Waals surface area contributed by atoms with Gasteiger partial charge < -0.3 is 15.8 Å². The predicted molar refractivity (Wildman–Crippen MR) is 76.3 cm³/mol. The molecule has 1 aliphatic heterocycles. The number of benzene rings is 1. The molecule has 1 spiro atoms. The smallest absolute Gasteiger partial charge is 0.188 e. The summed E-state index contributed by atoms with van der Waals surface area (Å²) in [5, 5.41) is 3.32. The van der Waals surface area contributed by atoms with Crippen LogP contribution < -0.4 is 15.8 Å². The summed E-state index contributed by atoms with van der Waals surface area (Å²) in [4.78, 5) is 4.01. The number of hydrogen-bond donors (Lipinski definition) is 2. The number of nitrogens with one attached hydrogen (secondary N) is 1. The number of ether oxygens (including phenoxy) is 1. The van der Waals surface area contributed by atoms with E-state index in [0.29, 0.717) is 5.96 Å². The van der Waals surface area contributed by atoms with E-state index in [9.17, 15) is 0 Å². The monoisotopic (exact) mass is 259 g/mol. The zero-order valence-corrected chi connectivity index (χ0v) is 11.4. The lowest BCUT2D eigenvalue weighted by molar-refractivity contribution is 0.0397. The van der Waals surface area contributed by atoms with Crippen molar-refractivity contribution in [3.05, 3.63) is 29.8 Å². The van der Waals surface area contributed by atoms with E-state index in [0.717, 1.165) is 25.0 Å². The van der Waals surface area contributed by atoms with Crippen LogP contribution in [0, 0.1) is 0 Å². The van der Waals surface area contributed by atoms with Crippen LogP contribution in [0.2, 0.25) is 0 Å². The lowest BCUT2D eigenvalue weighted by Crippen LogP contribution is -2.45. The summed E-state index contributed by atoms with van der Waals surface area (Å²) in [6, 6.07) is 8.44. The van der Waals surface area contributed by atoms with E-state index < -0.39 is 0 Å². The lowest BCUT2D eigenvalue weighted by Gasteiger charge is -2.40. The number of fused-ring (bicyclic) bond motifs is 1. The Labute approximate surface area is 114 Å². The molecule has 1 fully saturated rings. The van der Waals surface area contributed by atoms with Gasteiger partial charge in [-0.1, -0.05) is 18.2 Å². The normalized spacial score (nSPS) is 24.9. The van der Waals surface area contributed by atoms with Gasteiger partial charge in [0.25, 0.3) is 0 Å². The van der Waals surface area contributed by atoms with Gasteiger partial charge in [-0.25, -0.2) is 0 Å². The average molecular weight is 259 g/mol. The Hall–Kier alpha value is -1.71. The Kier molecular flexibility index (Phi) is 3.09. The zero-order chi connectivity index (χ0) is 13.3. The topological polar surface area (TPSA) is 59.6 Å². The Morgan fingerprint density at radius 1 is 1.37 bits per heavy atom. The molecule has 0 bridgehead atoms. The standard InChI is InChI=1S/C15H21N3O/c1-17-14(16)18-12-10-15(8-4-5-9-15)19-13-7-3-2-6-11(12)13/h2-3,6-7,12H,4-5,8-10H2,1H3,(H3,16,17,18). The maximum atomic E-state index is 6.31. The van der Waals surface area contributed by atoms with Gasteiger partial charge in [0.1, 0.15) is 11.4 Å². The third-order valence-electron chi connectivity index (χ3n) is 4.27. The minimum Gasteiger partial charge on any atom is -0.487 e. The molecule has 1 unspecified atom stereocenters.